The molecule has 162 valence electrons. The quantitative estimate of drug-likeness (QED) is 0.597. The second-order valence-corrected chi connectivity index (χ2v) is 9.99. The van der Waals surface area contributed by atoms with Crippen LogP contribution in [0.4, 0.5) is 5.69 Å². The normalized spacial score (nSPS) is 24.7. The van der Waals surface area contributed by atoms with Crippen LogP contribution in [-0.4, -0.2) is 24.4 Å². The number of nitrogens with zero attached hydrogens (tertiary/aromatic N) is 1. The number of para-hydroxylation sites is 1. The number of fused-ring (bicyclic) bond motifs is 1. The van der Waals surface area contributed by atoms with Gasteiger partial charge in [0.05, 0.1) is 10.6 Å². The number of hydrogen-bond acceptors (Lipinski definition) is 3. The SMILES string of the molecule is CC1CCCC(NC(=O)CN2C(=O)C(=Cc3cccc(Cl)c3)Sc3ccccc32)C1C. The predicted octanol–water partition coefficient (Wildman–Crippen LogP) is 5.76. The molecule has 4 nitrogen and oxygen atoms in total. The van der Waals surface area contributed by atoms with E-state index in [1.165, 1.54) is 18.2 Å². The topological polar surface area (TPSA) is 49.4 Å². The Balaban J connectivity index is 1.57. The second-order valence-electron chi connectivity index (χ2n) is 8.47. The van der Waals surface area contributed by atoms with Crippen molar-refractivity contribution >= 4 is 46.9 Å². The number of thioether (sulfide) groups is 1. The maximum absolute atomic E-state index is 13.3. The van der Waals surface area contributed by atoms with Crippen molar-refractivity contribution in [2.75, 3.05) is 11.4 Å². The van der Waals surface area contributed by atoms with Crippen LogP contribution in [0.25, 0.3) is 6.08 Å². The van der Waals surface area contributed by atoms with E-state index < -0.39 is 0 Å². The van der Waals surface area contributed by atoms with E-state index in [0.717, 1.165) is 29.0 Å². The Bertz CT molecular complexity index is 1020. The highest BCUT2D eigenvalue weighted by Gasteiger charge is 2.32. The number of carbonyl (C=O) groups is 2. The van der Waals surface area contributed by atoms with Crippen LogP contribution in [0.3, 0.4) is 0 Å². The lowest BCUT2D eigenvalue weighted by Crippen LogP contribution is -2.49. The predicted molar refractivity (Wildman–Crippen MR) is 128 cm³/mol. The molecule has 4 rings (SSSR count). The molecule has 0 aromatic heterocycles. The van der Waals surface area contributed by atoms with Gasteiger partial charge in [-0.1, -0.05) is 74.3 Å². The Labute approximate surface area is 193 Å². The standard InChI is InChI=1S/C25H27ClN2O2S/c1-16-7-5-10-20(17(16)2)27-24(29)15-28-21-11-3-4-12-22(21)31-23(25(28)30)14-18-8-6-9-19(26)13-18/h3-4,6,8-9,11-14,16-17,20H,5,7,10,15H2,1-2H3,(H,27,29). The van der Waals surface area contributed by atoms with Crippen molar-refractivity contribution in [2.45, 2.75) is 44.0 Å². The fraction of sp³-hybridized carbons (Fsp3) is 0.360. The van der Waals surface area contributed by atoms with Gasteiger partial charge in [-0.15, -0.1) is 0 Å². The molecule has 2 aromatic rings. The van der Waals surface area contributed by atoms with Gasteiger partial charge in [0.1, 0.15) is 6.54 Å². The van der Waals surface area contributed by atoms with E-state index in [1.807, 2.05) is 48.5 Å². The number of rotatable bonds is 4. The van der Waals surface area contributed by atoms with Gasteiger partial charge in [-0.3, -0.25) is 14.5 Å². The van der Waals surface area contributed by atoms with Gasteiger partial charge < -0.3 is 5.32 Å². The molecule has 0 spiro atoms. The number of halogens is 1. The Morgan fingerprint density at radius 3 is 2.81 bits per heavy atom. The third kappa shape index (κ3) is 4.99. The third-order valence-corrected chi connectivity index (χ3v) is 7.65. The van der Waals surface area contributed by atoms with E-state index >= 15 is 0 Å². The average molecular weight is 455 g/mol. The van der Waals surface area contributed by atoms with Crippen molar-refractivity contribution in [2.24, 2.45) is 11.8 Å². The van der Waals surface area contributed by atoms with Crippen LogP contribution in [0.15, 0.2) is 58.3 Å². The molecule has 0 bridgehead atoms. The van der Waals surface area contributed by atoms with Crippen LogP contribution in [0.2, 0.25) is 5.02 Å². The summed E-state index contributed by atoms with van der Waals surface area (Å²) >= 11 is 7.54. The van der Waals surface area contributed by atoms with Gasteiger partial charge in [0.25, 0.3) is 5.91 Å². The maximum atomic E-state index is 13.3. The molecule has 1 aliphatic heterocycles. The number of amides is 2. The minimum absolute atomic E-state index is 0.0148. The Morgan fingerprint density at radius 1 is 1.19 bits per heavy atom. The van der Waals surface area contributed by atoms with Crippen LogP contribution >= 0.6 is 23.4 Å². The van der Waals surface area contributed by atoms with Gasteiger partial charge in [0, 0.05) is 16.0 Å². The first-order valence-corrected chi connectivity index (χ1v) is 12.0. The third-order valence-electron chi connectivity index (χ3n) is 6.33. The number of nitrogens with one attached hydrogen (secondary N) is 1. The first-order valence-electron chi connectivity index (χ1n) is 10.8. The molecule has 1 aliphatic carbocycles. The smallest absolute Gasteiger partial charge is 0.265 e. The monoisotopic (exact) mass is 454 g/mol. The zero-order valence-corrected chi connectivity index (χ0v) is 19.4. The summed E-state index contributed by atoms with van der Waals surface area (Å²) in [4.78, 5) is 29.4. The summed E-state index contributed by atoms with van der Waals surface area (Å²) in [6, 6.07) is 15.3. The fourth-order valence-electron chi connectivity index (χ4n) is 4.35. The van der Waals surface area contributed by atoms with E-state index in [-0.39, 0.29) is 24.4 Å². The Morgan fingerprint density at radius 2 is 2.00 bits per heavy atom. The molecule has 3 unspecified atom stereocenters. The molecule has 2 amide bonds. The summed E-state index contributed by atoms with van der Waals surface area (Å²) < 4.78 is 0. The van der Waals surface area contributed by atoms with Gasteiger partial charge >= 0.3 is 0 Å². The lowest BCUT2D eigenvalue weighted by atomic mass is 9.78. The first-order chi connectivity index (χ1) is 14.9. The summed E-state index contributed by atoms with van der Waals surface area (Å²) in [7, 11) is 0. The molecule has 1 heterocycles. The molecule has 0 saturated heterocycles. The summed E-state index contributed by atoms with van der Waals surface area (Å²) in [5.41, 5.74) is 1.64. The Hall–Kier alpha value is -2.24. The molecular formula is C25H27ClN2O2S. The summed E-state index contributed by atoms with van der Waals surface area (Å²) in [5, 5.41) is 3.81. The number of anilines is 1. The van der Waals surface area contributed by atoms with Crippen molar-refractivity contribution in [1.82, 2.24) is 5.32 Å². The molecule has 6 heteroatoms. The van der Waals surface area contributed by atoms with Gasteiger partial charge in [0.2, 0.25) is 5.91 Å². The van der Waals surface area contributed by atoms with Crippen molar-refractivity contribution in [1.29, 1.82) is 0 Å². The fourth-order valence-corrected chi connectivity index (χ4v) is 5.61. The first kappa shape index (κ1) is 22.0. The lowest BCUT2D eigenvalue weighted by Gasteiger charge is -2.35. The molecule has 1 saturated carbocycles. The molecule has 2 aliphatic rings. The maximum Gasteiger partial charge on any atom is 0.265 e. The van der Waals surface area contributed by atoms with Gasteiger partial charge in [-0.25, -0.2) is 0 Å². The average Bonchev–Trinajstić information content (AvgIpc) is 2.74. The highest BCUT2D eigenvalue weighted by molar-refractivity contribution is 8.04. The minimum atomic E-state index is -0.163. The van der Waals surface area contributed by atoms with E-state index in [9.17, 15) is 9.59 Å². The van der Waals surface area contributed by atoms with Gasteiger partial charge in [0.15, 0.2) is 0 Å². The van der Waals surface area contributed by atoms with Crippen molar-refractivity contribution in [3.05, 3.63) is 64.0 Å². The molecular weight excluding hydrogens is 428 g/mol. The minimum Gasteiger partial charge on any atom is -0.352 e. The summed E-state index contributed by atoms with van der Waals surface area (Å²) in [6.45, 7) is 4.47. The van der Waals surface area contributed by atoms with Crippen LogP contribution < -0.4 is 10.2 Å². The van der Waals surface area contributed by atoms with Crippen molar-refractivity contribution < 1.29 is 9.59 Å². The zero-order chi connectivity index (χ0) is 22.0. The van der Waals surface area contributed by atoms with E-state index in [0.29, 0.717) is 21.8 Å². The highest BCUT2D eigenvalue weighted by atomic mass is 35.5. The van der Waals surface area contributed by atoms with Gasteiger partial charge in [-0.2, -0.15) is 0 Å². The van der Waals surface area contributed by atoms with Crippen LogP contribution in [0.1, 0.15) is 38.7 Å². The molecule has 2 aromatic carbocycles. The number of hydrogen-bond donors (Lipinski definition) is 1. The van der Waals surface area contributed by atoms with Crippen LogP contribution in [0.5, 0.6) is 0 Å². The second kappa shape index (κ2) is 9.49. The molecule has 3 atom stereocenters. The van der Waals surface area contributed by atoms with Crippen LogP contribution in [-0.2, 0) is 9.59 Å². The van der Waals surface area contributed by atoms with E-state index in [4.69, 9.17) is 11.6 Å². The van der Waals surface area contributed by atoms with Gasteiger partial charge in [-0.05, 0) is 54.2 Å². The largest absolute Gasteiger partial charge is 0.352 e. The zero-order valence-electron chi connectivity index (χ0n) is 17.8. The molecule has 0 radical (unpaired) electrons. The Kier molecular flexibility index (Phi) is 6.73. The van der Waals surface area contributed by atoms with Crippen molar-refractivity contribution in [3.8, 4) is 0 Å². The molecule has 1 fully saturated rings. The number of carbonyl (C=O) groups excluding carboxylic acids is 2. The molecule has 31 heavy (non-hydrogen) atoms. The number of benzene rings is 2. The van der Waals surface area contributed by atoms with Crippen molar-refractivity contribution in [3.63, 3.8) is 0 Å². The molecule has 1 N–H and O–H groups in total. The lowest BCUT2D eigenvalue weighted by molar-refractivity contribution is -0.123. The summed E-state index contributed by atoms with van der Waals surface area (Å²) in [5.74, 6) is 0.767. The van der Waals surface area contributed by atoms with E-state index in [2.05, 4.69) is 19.2 Å². The van der Waals surface area contributed by atoms with Crippen LogP contribution in [0, 0.1) is 11.8 Å². The summed E-state index contributed by atoms with van der Waals surface area (Å²) in [6.07, 6.45) is 5.17. The highest BCUT2D eigenvalue weighted by Crippen LogP contribution is 2.42. The van der Waals surface area contributed by atoms with E-state index in [1.54, 1.807) is 11.0 Å².